The Bertz CT molecular complexity index is 907. The Morgan fingerprint density at radius 1 is 0.857 bits per heavy atom. The molecule has 0 aliphatic carbocycles. The molecule has 0 aliphatic rings. The molecule has 0 spiro atoms. The van der Waals surface area contributed by atoms with Gasteiger partial charge in [-0.15, -0.1) is 0 Å². The molecule has 4 nitrogen and oxygen atoms in total. The molecular weight excluding hydrogens is 350 g/mol. The maximum absolute atomic E-state index is 12.9. The van der Waals surface area contributed by atoms with Gasteiger partial charge in [-0.25, -0.2) is 0 Å². The molecule has 1 N–H and O–H groups in total. The number of methoxy groups -OCH3 is 1. The lowest BCUT2D eigenvalue weighted by atomic mass is 9.98. The summed E-state index contributed by atoms with van der Waals surface area (Å²) in [5, 5.41) is 3.12. The Morgan fingerprint density at radius 3 is 2.18 bits per heavy atom. The SMILES string of the molecule is COc1ccc([C@@H](NC(=O)[C@H](C)Oc2cccc(C)c2)c2ccccc2)cc1. The summed E-state index contributed by atoms with van der Waals surface area (Å²) < 4.78 is 11.1. The molecule has 0 aliphatic heterocycles. The van der Waals surface area contributed by atoms with Crippen molar-refractivity contribution in [2.45, 2.75) is 26.0 Å². The number of benzene rings is 3. The van der Waals surface area contributed by atoms with Crippen molar-refractivity contribution >= 4 is 5.91 Å². The molecule has 0 aromatic heterocycles. The number of carbonyl (C=O) groups is 1. The minimum atomic E-state index is -0.619. The largest absolute Gasteiger partial charge is 0.497 e. The lowest BCUT2D eigenvalue weighted by molar-refractivity contribution is -0.127. The minimum Gasteiger partial charge on any atom is -0.497 e. The van der Waals surface area contributed by atoms with Crippen LogP contribution in [0.5, 0.6) is 11.5 Å². The van der Waals surface area contributed by atoms with Gasteiger partial charge in [-0.1, -0.05) is 54.6 Å². The Kier molecular flexibility index (Phi) is 6.33. The lowest BCUT2D eigenvalue weighted by Gasteiger charge is -2.23. The summed E-state index contributed by atoms with van der Waals surface area (Å²) in [6.07, 6.45) is -0.619. The zero-order chi connectivity index (χ0) is 19.9. The van der Waals surface area contributed by atoms with Crippen molar-refractivity contribution in [3.63, 3.8) is 0 Å². The van der Waals surface area contributed by atoms with E-state index in [9.17, 15) is 4.79 Å². The fourth-order valence-corrected chi connectivity index (χ4v) is 3.01. The summed E-state index contributed by atoms with van der Waals surface area (Å²) in [5.74, 6) is 1.28. The predicted octanol–water partition coefficient (Wildman–Crippen LogP) is 4.68. The molecule has 3 rings (SSSR count). The van der Waals surface area contributed by atoms with Crippen LogP contribution in [-0.4, -0.2) is 19.1 Å². The van der Waals surface area contributed by atoms with Crippen molar-refractivity contribution in [1.29, 1.82) is 0 Å². The third kappa shape index (κ3) is 4.92. The number of aryl methyl sites for hydroxylation is 1. The molecule has 4 heteroatoms. The monoisotopic (exact) mass is 375 g/mol. The van der Waals surface area contributed by atoms with Crippen molar-refractivity contribution in [2.75, 3.05) is 7.11 Å². The molecular formula is C24H25NO3. The number of ether oxygens (including phenoxy) is 2. The molecule has 3 aromatic rings. The average molecular weight is 375 g/mol. The molecule has 3 aromatic carbocycles. The van der Waals surface area contributed by atoms with Gasteiger partial charge in [0.1, 0.15) is 11.5 Å². The number of carbonyl (C=O) groups excluding carboxylic acids is 1. The second-order valence-electron chi connectivity index (χ2n) is 6.70. The first-order valence-corrected chi connectivity index (χ1v) is 9.29. The summed E-state index contributed by atoms with van der Waals surface area (Å²) in [6.45, 7) is 3.75. The zero-order valence-electron chi connectivity index (χ0n) is 16.4. The van der Waals surface area contributed by atoms with Crippen LogP contribution in [0.15, 0.2) is 78.9 Å². The fourth-order valence-electron chi connectivity index (χ4n) is 3.01. The second-order valence-corrected chi connectivity index (χ2v) is 6.70. The first-order valence-electron chi connectivity index (χ1n) is 9.29. The Morgan fingerprint density at radius 2 is 1.54 bits per heavy atom. The number of nitrogens with one attached hydrogen (secondary N) is 1. The predicted molar refractivity (Wildman–Crippen MR) is 111 cm³/mol. The molecule has 0 unspecified atom stereocenters. The van der Waals surface area contributed by atoms with Crippen molar-refractivity contribution < 1.29 is 14.3 Å². The van der Waals surface area contributed by atoms with Crippen LogP contribution >= 0.6 is 0 Å². The lowest BCUT2D eigenvalue weighted by Crippen LogP contribution is -2.39. The average Bonchev–Trinajstić information content (AvgIpc) is 2.72. The van der Waals surface area contributed by atoms with Crippen LogP contribution < -0.4 is 14.8 Å². The molecule has 0 fully saturated rings. The van der Waals surface area contributed by atoms with E-state index in [2.05, 4.69) is 5.32 Å². The molecule has 0 bridgehead atoms. The van der Waals surface area contributed by atoms with Crippen LogP contribution in [0.25, 0.3) is 0 Å². The van der Waals surface area contributed by atoms with Crippen molar-refractivity contribution in [2.24, 2.45) is 0 Å². The highest BCUT2D eigenvalue weighted by molar-refractivity contribution is 5.81. The molecule has 28 heavy (non-hydrogen) atoms. The summed E-state index contributed by atoms with van der Waals surface area (Å²) in [7, 11) is 1.63. The van der Waals surface area contributed by atoms with Gasteiger partial charge in [0.2, 0.25) is 0 Å². The fraction of sp³-hybridized carbons (Fsp3) is 0.208. The van der Waals surface area contributed by atoms with Crippen LogP contribution in [0.3, 0.4) is 0 Å². The van der Waals surface area contributed by atoms with E-state index in [-0.39, 0.29) is 11.9 Å². The molecule has 1 amide bonds. The van der Waals surface area contributed by atoms with Crippen LogP contribution in [0, 0.1) is 6.92 Å². The smallest absolute Gasteiger partial charge is 0.261 e. The van der Waals surface area contributed by atoms with Crippen LogP contribution in [-0.2, 0) is 4.79 Å². The second kappa shape index (κ2) is 9.09. The van der Waals surface area contributed by atoms with E-state index < -0.39 is 6.10 Å². The molecule has 144 valence electrons. The van der Waals surface area contributed by atoms with Crippen molar-refractivity contribution in [1.82, 2.24) is 5.32 Å². The van der Waals surface area contributed by atoms with Gasteiger partial charge < -0.3 is 14.8 Å². The highest BCUT2D eigenvalue weighted by Gasteiger charge is 2.21. The number of rotatable bonds is 7. The summed E-state index contributed by atoms with van der Waals surface area (Å²) in [4.78, 5) is 12.9. The molecule has 0 saturated heterocycles. The number of amides is 1. The van der Waals surface area contributed by atoms with Crippen LogP contribution in [0.2, 0.25) is 0 Å². The van der Waals surface area contributed by atoms with E-state index in [1.54, 1.807) is 14.0 Å². The van der Waals surface area contributed by atoms with Gasteiger partial charge in [-0.3, -0.25) is 4.79 Å². The maximum atomic E-state index is 12.9. The maximum Gasteiger partial charge on any atom is 0.261 e. The Balaban J connectivity index is 1.79. The van der Waals surface area contributed by atoms with Crippen molar-refractivity contribution in [3.8, 4) is 11.5 Å². The highest BCUT2D eigenvalue weighted by atomic mass is 16.5. The first-order chi connectivity index (χ1) is 13.6. The molecule has 0 heterocycles. The quantitative estimate of drug-likeness (QED) is 0.652. The van der Waals surface area contributed by atoms with Crippen LogP contribution in [0.4, 0.5) is 0 Å². The molecule has 0 saturated carbocycles. The van der Waals surface area contributed by atoms with E-state index in [0.29, 0.717) is 5.75 Å². The first kappa shape index (κ1) is 19.5. The van der Waals surface area contributed by atoms with E-state index in [1.807, 2.05) is 85.8 Å². The number of hydrogen-bond donors (Lipinski definition) is 1. The third-order valence-corrected chi connectivity index (χ3v) is 4.54. The normalized spacial score (nSPS) is 12.7. The van der Waals surface area contributed by atoms with Gasteiger partial charge in [0.05, 0.1) is 13.2 Å². The Labute approximate surface area is 166 Å². The summed E-state index contributed by atoms with van der Waals surface area (Å²) in [6, 6.07) is 25.0. The van der Waals surface area contributed by atoms with Crippen molar-refractivity contribution in [3.05, 3.63) is 95.6 Å². The topological polar surface area (TPSA) is 47.6 Å². The highest BCUT2D eigenvalue weighted by Crippen LogP contribution is 2.24. The van der Waals surface area contributed by atoms with Gasteiger partial charge in [0.25, 0.3) is 5.91 Å². The van der Waals surface area contributed by atoms with Gasteiger partial charge in [-0.2, -0.15) is 0 Å². The summed E-state index contributed by atoms with van der Waals surface area (Å²) in [5.41, 5.74) is 3.07. The van der Waals surface area contributed by atoms with E-state index in [4.69, 9.17) is 9.47 Å². The van der Waals surface area contributed by atoms with Gasteiger partial charge in [-0.05, 0) is 54.8 Å². The molecule has 0 radical (unpaired) electrons. The number of hydrogen-bond acceptors (Lipinski definition) is 3. The Hall–Kier alpha value is -3.27. The summed E-state index contributed by atoms with van der Waals surface area (Å²) >= 11 is 0. The zero-order valence-corrected chi connectivity index (χ0v) is 16.4. The van der Waals surface area contributed by atoms with Gasteiger partial charge in [0.15, 0.2) is 6.10 Å². The van der Waals surface area contributed by atoms with E-state index in [0.717, 1.165) is 22.4 Å². The van der Waals surface area contributed by atoms with Gasteiger partial charge >= 0.3 is 0 Å². The third-order valence-electron chi connectivity index (χ3n) is 4.54. The van der Waals surface area contributed by atoms with Gasteiger partial charge in [0, 0.05) is 0 Å². The minimum absolute atomic E-state index is 0.175. The molecule has 2 atom stereocenters. The van der Waals surface area contributed by atoms with Crippen LogP contribution in [0.1, 0.15) is 29.7 Å². The standard InChI is InChI=1S/C24H25NO3/c1-17-8-7-11-22(16-17)28-18(2)24(26)25-23(19-9-5-4-6-10-19)20-12-14-21(27-3)15-13-20/h4-16,18,23H,1-3H3,(H,25,26)/t18-,23-/m0/s1. The van der Waals surface area contributed by atoms with E-state index >= 15 is 0 Å². The van der Waals surface area contributed by atoms with E-state index in [1.165, 1.54) is 0 Å².